The van der Waals surface area contributed by atoms with Gasteiger partial charge in [0.25, 0.3) is 0 Å². The molecule has 2 N–H and O–H groups in total. The molecule has 17 heavy (non-hydrogen) atoms. The van der Waals surface area contributed by atoms with E-state index in [0.717, 1.165) is 24.5 Å². The maximum absolute atomic E-state index is 5.78. The predicted octanol–water partition coefficient (Wildman–Crippen LogP) is 3.29. The summed E-state index contributed by atoms with van der Waals surface area (Å²) in [5, 5.41) is 1.09. The van der Waals surface area contributed by atoms with E-state index >= 15 is 0 Å². The Hall–Kier alpha value is -0.450. The number of aromatic nitrogens is 1. The van der Waals surface area contributed by atoms with E-state index < -0.39 is 0 Å². The van der Waals surface area contributed by atoms with Gasteiger partial charge in [0, 0.05) is 18.0 Å². The lowest BCUT2D eigenvalue weighted by Crippen LogP contribution is -2.04. The van der Waals surface area contributed by atoms with Crippen molar-refractivity contribution in [2.24, 2.45) is 11.7 Å². The molecular weight excluding hydrogens is 232 g/mol. The third kappa shape index (κ3) is 4.05. The smallest absolute Gasteiger partial charge is 0.122 e. The summed E-state index contributed by atoms with van der Waals surface area (Å²) in [7, 11) is 0. The van der Waals surface area contributed by atoms with Crippen LogP contribution in [0.15, 0.2) is 0 Å². The molecule has 0 saturated heterocycles. The molecule has 1 unspecified atom stereocenters. The van der Waals surface area contributed by atoms with Crippen LogP contribution in [0.5, 0.6) is 0 Å². The second-order valence-electron chi connectivity index (χ2n) is 4.58. The molecule has 1 heterocycles. The Morgan fingerprint density at radius 3 is 2.53 bits per heavy atom. The molecule has 0 aromatic carbocycles. The van der Waals surface area contributed by atoms with E-state index in [1.807, 2.05) is 6.92 Å². The van der Waals surface area contributed by atoms with Crippen LogP contribution < -0.4 is 5.73 Å². The molecule has 98 valence electrons. The molecule has 0 fully saturated rings. The van der Waals surface area contributed by atoms with Gasteiger partial charge in [-0.3, -0.25) is 0 Å². The Bertz CT molecular complexity index is 336. The first kappa shape index (κ1) is 14.6. The van der Waals surface area contributed by atoms with Crippen molar-refractivity contribution in [1.82, 2.24) is 4.98 Å². The van der Waals surface area contributed by atoms with E-state index in [4.69, 9.17) is 15.5 Å². The van der Waals surface area contributed by atoms with E-state index in [-0.39, 0.29) is 6.10 Å². The van der Waals surface area contributed by atoms with Crippen LogP contribution in [0.3, 0.4) is 0 Å². The fourth-order valence-electron chi connectivity index (χ4n) is 1.81. The van der Waals surface area contributed by atoms with Crippen LogP contribution in [-0.2, 0) is 17.7 Å². The van der Waals surface area contributed by atoms with Crippen molar-refractivity contribution in [1.29, 1.82) is 0 Å². The number of hydrogen-bond donors (Lipinski definition) is 1. The van der Waals surface area contributed by atoms with Crippen LogP contribution in [0.4, 0.5) is 0 Å². The molecule has 0 spiro atoms. The number of rotatable bonds is 7. The van der Waals surface area contributed by atoms with Gasteiger partial charge in [0.1, 0.15) is 11.1 Å². The molecule has 0 aliphatic carbocycles. The van der Waals surface area contributed by atoms with E-state index in [1.54, 1.807) is 11.3 Å². The normalized spacial score (nSPS) is 13.3. The first-order chi connectivity index (χ1) is 8.12. The summed E-state index contributed by atoms with van der Waals surface area (Å²) < 4.78 is 5.70. The molecule has 4 heteroatoms. The summed E-state index contributed by atoms with van der Waals surface area (Å²) in [5.74, 6) is 0.613. The Morgan fingerprint density at radius 1 is 1.35 bits per heavy atom. The molecule has 1 atom stereocenters. The predicted molar refractivity (Wildman–Crippen MR) is 73.2 cm³/mol. The van der Waals surface area contributed by atoms with Crippen molar-refractivity contribution in [2.45, 2.75) is 53.2 Å². The molecule has 0 aliphatic heterocycles. The molecule has 1 aromatic heterocycles. The summed E-state index contributed by atoms with van der Waals surface area (Å²) in [6.07, 6.45) is 2.11. The number of hydrogen-bond acceptors (Lipinski definition) is 4. The monoisotopic (exact) mass is 256 g/mol. The number of thiazole rings is 1. The van der Waals surface area contributed by atoms with Gasteiger partial charge in [-0.1, -0.05) is 20.8 Å². The first-order valence-corrected chi connectivity index (χ1v) is 7.24. The topological polar surface area (TPSA) is 48.1 Å². The van der Waals surface area contributed by atoms with Gasteiger partial charge in [0.2, 0.25) is 0 Å². The number of nitrogens with two attached hydrogens (primary N) is 1. The van der Waals surface area contributed by atoms with E-state index in [1.165, 1.54) is 10.6 Å². The van der Waals surface area contributed by atoms with Crippen molar-refractivity contribution in [3.63, 3.8) is 0 Å². The minimum atomic E-state index is 0.135. The SMILES string of the molecule is CCOC(CC)c1nc(CC(C)C)c(CN)s1. The van der Waals surface area contributed by atoms with Gasteiger partial charge in [-0.05, 0) is 25.7 Å². The number of ether oxygens (including phenoxy) is 1. The Morgan fingerprint density at radius 2 is 2.06 bits per heavy atom. The van der Waals surface area contributed by atoms with Gasteiger partial charge in [-0.25, -0.2) is 4.98 Å². The molecule has 0 radical (unpaired) electrons. The molecule has 0 saturated carbocycles. The van der Waals surface area contributed by atoms with Crippen LogP contribution in [0.1, 0.15) is 55.8 Å². The molecule has 0 amide bonds. The maximum Gasteiger partial charge on any atom is 0.122 e. The van der Waals surface area contributed by atoms with Gasteiger partial charge >= 0.3 is 0 Å². The highest BCUT2D eigenvalue weighted by atomic mass is 32.1. The lowest BCUT2D eigenvalue weighted by atomic mass is 10.1. The average molecular weight is 256 g/mol. The molecule has 0 aliphatic rings. The molecule has 1 rings (SSSR count). The highest BCUT2D eigenvalue weighted by molar-refractivity contribution is 7.11. The quantitative estimate of drug-likeness (QED) is 0.814. The third-order valence-electron chi connectivity index (χ3n) is 2.60. The molecule has 3 nitrogen and oxygen atoms in total. The zero-order chi connectivity index (χ0) is 12.8. The van der Waals surface area contributed by atoms with Gasteiger partial charge in [0.05, 0.1) is 5.69 Å². The zero-order valence-electron chi connectivity index (χ0n) is 11.3. The molecular formula is C13H24N2OS. The second-order valence-corrected chi connectivity index (χ2v) is 5.69. The minimum Gasteiger partial charge on any atom is -0.371 e. The van der Waals surface area contributed by atoms with Gasteiger partial charge in [0.15, 0.2) is 0 Å². The zero-order valence-corrected chi connectivity index (χ0v) is 12.1. The van der Waals surface area contributed by atoms with Crippen LogP contribution in [-0.4, -0.2) is 11.6 Å². The van der Waals surface area contributed by atoms with E-state index in [2.05, 4.69) is 20.8 Å². The standard InChI is InChI=1S/C13H24N2OS/c1-5-11(16-6-2)13-15-10(7-9(3)4)12(8-14)17-13/h9,11H,5-8,14H2,1-4H3. The van der Waals surface area contributed by atoms with Crippen LogP contribution in [0.25, 0.3) is 0 Å². The van der Waals surface area contributed by atoms with E-state index in [0.29, 0.717) is 12.5 Å². The first-order valence-electron chi connectivity index (χ1n) is 6.42. The van der Waals surface area contributed by atoms with Crippen molar-refractivity contribution in [3.8, 4) is 0 Å². The van der Waals surface area contributed by atoms with Gasteiger partial charge in [-0.15, -0.1) is 11.3 Å². The van der Waals surface area contributed by atoms with Crippen LogP contribution >= 0.6 is 11.3 Å². The Kier molecular flexibility index (Phi) is 6.09. The highest BCUT2D eigenvalue weighted by Crippen LogP contribution is 2.29. The van der Waals surface area contributed by atoms with Crippen molar-refractivity contribution < 1.29 is 4.74 Å². The van der Waals surface area contributed by atoms with E-state index in [9.17, 15) is 0 Å². The second kappa shape index (κ2) is 7.09. The Labute approximate surface area is 108 Å². The van der Waals surface area contributed by atoms with Crippen molar-refractivity contribution in [2.75, 3.05) is 6.61 Å². The summed E-state index contributed by atoms with van der Waals surface area (Å²) in [5.41, 5.74) is 6.95. The number of nitrogens with zero attached hydrogens (tertiary/aromatic N) is 1. The molecule has 1 aromatic rings. The lowest BCUT2D eigenvalue weighted by molar-refractivity contribution is 0.0595. The Balaban J connectivity index is 2.89. The third-order valence-corrected chi connectivity index (χ3v) is 3.81. The largest absolute Gasteiger partial charge is 0.371 e. The van der Waals surface area contributed by atoms with Gasteiger partial charge < -0.3 is 10.5 Å². The van der Waals surface area contributed by atoms with Gasteiger partial charge in [-0.2, -0.15) is 0 Å². The highest BCUT2D eigenvalue weighted by Gasteiger charge is 2.17. The fraction of sp³-hybridized carbons (Fsp3) is 0.769. The van der Waals surface area contributed by atoms with Crippen molar-refractivity contribution in [3.05, 3.63) is 15.6 Å². The van der Waals surface area contributed by atoms with Crippen molar-refractivity contribution >= 4 is 11.3 Å². The maximum atomic E-state index is 5.78. The molecule has 0 bridgehead atoms. The summed E-state index contributed by atoms with van der Waals surface area (Å²) in [4.78, 5) is 5.94. The average Bonchev–Trinajstić information content (AvgIpc) is 2.67. The summed E-state index contributed by atoms with van der Waals surface area (Å²) in [6.45, 7) is 9.89. The summed E-state index contributed by atoms with van der Waals surface area (Å²) in [6, 6.07) is 0. The fourth-order valence-corrected chi connectivity index (χ4v) is 2.92. The summed E-state index contributed by atoms with van der Waals surface area (Å²) >= 11 is 1.71. The minimum absolute atomic E-state index is 0.135. The van der Waals surface area contributed by atoms with Crippen LogP contribution in [0, 0.1) is 5.92 Å². The lowest BCUT2D eigenvalue weighted by Gasteiger charge is -2.11. The van der Waals surface area contributed by atoms with Crippen LogP contribution in [0.2, 0.25) is 0 Å².